The molecule has 0 radical (unpaired) electrons. The molecule has 0 aliphatic heterocycles. The highest BCUT2D eigenvalue weighted by Crippen LogP contribution is 2.17. The number of nitrogens with one attached hydrogen (secondary N) is 1. The topological polar surface area (TPSA) is 94.2 Å². The van der Waals surface area contributed by atoms with Crippen molar-refractivity contribution < 1.29 is 4.79 Å². The van der Waals surface area contributed by atoms with Crippen molar-refractivity contribution in [2.24, 2.45) is 0 Å². The lowest BCUT2D eigenvalue weighted by Gasteiger charge is -2.14. The number of carbonyl (C=O) groups excluding carboxylic acids is 1. The average Bonchev–Trinajstić information content (AvgIpc) is 3.27. The molecular weight excluding hydrogens is 404 g/mol. The van der Waals surface area contributed by atoms with Gasteiger partial charge in [-0.1, -0.05) is 42.5 Å². The number of fused-ring (bicyclic) bond motifs is 1. The van der Waals surface area contributed by atoms with Crippen molar-refractivity contribution in [1.29, 1.82) is 0 Å². The fourth-order valence-corrected chi connectivity index (χ4v) is 3.59. The highest BCUT2D eigenvalue weighted by Gasteiger charge is 2.18. The second kappa shape index (κ2) is 9.38. The van der Waals surface area contributed by atoms with Gasteiger partial charge in [-0.15, -0.1) is 11.7 Å². The summed E-state index contributed by atoms with van der Waals surface area (Å²) in [7, 11) is 0. The smallest absolute Gasteiger partial charge is 0.279 e. The minimum Gasteiger partial charge on any atom is -0.352 e. The van der Waals surface area contributed by atoms with Crippen LogP contribution in [-0.4, -0.2) is 30.1 Å². The lowest BCUT2D eigenvalue weighted by atomic mass is 10.1. The minimum atomic E-state index is -0.257. The third kappa shape index (κ3) is 4.34. The highest BCUT2D eigenvalue weighted by molar-refractivity contribution is 5.76. The van der Waals surface area contributed by atoms with Crippen LogP contribution in [-0.2, 0) is 24.3 Å². The Hall–Kier alpha value is -4.07. The zero-order valence-electron chi connectivity index (χ0n) is 17.9. The van der Waals surface area contributed by atoms with Crippen LogP contribution in [0.3, 0.4) is 0 Å². The number of amides is 1. The quantitative estimate of drug-likeness (QED) is 0.436. The zero-order valence-corrected chi connectivity index (χ0v) is 17.9. The van der Waals surface area contributed by atoms with Crippen molar-refractivity contribution >= 4 is 11.7 Å². The largest absolute Gasteiger partial charge is 0.352 e. The molecule has 0 saturated heterocycles. The maximum atomic E-state index is 13.2. The molecule has 0 aliphatic carbocycles. The van der Waals surface area contributed by atoms with E-state index in [0.717, 1.165) is 16.8 Å². The molecule has 1 amide bonds. The predicted octanol–water partition coefficient (Wildman–Crippen LogP) is 2.70. The maximum Gasteiger partial charge on any atom is 0.279 e. The first-order chi connectivity index (χ1) is 15.6. The van der Waals surface area contributed by atoms with Crippen molar-refractivity contribution in [3.8, 4) is 11.4 Å². The van der Waals surface area contributed by atoms with Crippen LogP contribution in [0.5, 0.6) is 0 Å². The van der Waals surface area contributed by atoms with Gasteiger partial charge in [0.05, 0.1) is 0 Å². The van der Waals surface area contributed by atoms with Crippen LogP contribution in [0.25, 0.3) is 17.2 Å². The van der Waals surface area contributed by atoms with Gasteiger partial charge in [-0.05, 0) is 25.0 Å². The minimum absolute atomic E-state index is 0.133. The standard InChI is InChI=1S/C24H24N6O2/c1-3-14-29-17(2)20(11-12-21(31)26-16-18-8-7-13-25-15-18)23(32)30-24(29)27-22(28-30)19-9-5-4-6-10-19/h3-10,13,15H,1,11-12,14,16H2,2H3,(H,26,31). The molecule has 8 nitrogen and oxygen atoms in total. The van der Waals surface area contributed by atoms with Crippen LogP contribution in [0, 0.1) is 6.92 Å². The third-order valence-corrected chi connectivity index (χ3v) is 5.28. The molecule has 3 aromatic heterocycles. The van der Waals surface area contributed by atoms with Crippen molar-refractivity contribution in [2.75, 3.05) is 0 Å². The number of hydrogen-bond acceptors (Lipinski definition) is 5. The molecule has 1 aromatic carbocycles. The molecule has 0 saturated carbocycles. The number of benzene rings is 1. The SMILES string of the molecule is C=CCn1c(C)c(CCC(=O)NCc2cccnc2)c(=O)n2nc(-c3ccccc3)nc12. The van der Waals surface area contributed by atoms with E-state index in [1.165, 1.54) is 4.52 Å². The second-order valence-corrected chi connectivity index (χ2v) is 7.42. The second-order valence-electron chi connectivity index (χ2n) is 7.42. The number of aromatic nitrogens is 5. The van der Waals surface area contributed by atoms with Gasteiger partial charge in [0, 0.05) is 48.7 Å². The Balaban J connectivity index is 1.61. The van der Waals surface area contributed by atoms with E-state index >= 15 is 0 Å². The van der Waals surface area contributed by atoms with Gasteiger partial charge in [0.15, 0.2) is 5.82 Å². The van der Waals surface area contributed by atoms with Gasteiger partial charge >= 0.3 is 0 Å². The van der Waals surface area contributed by atoms with Crippen molar-refractivity contribution in [3.63, 3.8) is 0 Å². The van der Waals surface area contributed by atoms with Crippen molar-refractivity contribution in [3.05, 3.63) is 94.7 Å². The zero-order chi connectivity index (χ0) is 22.5. The number of carbonyl (C=O) groups is 1. The molecule has 0 atom stereocenters. The first-order valence-corrected chi connectivity index (χ1v) is 10.4. The van der Waals surface area contributed by atoms with Crippen LogP contribution in [0.1, 0.15) is 23.2 Å². The maximum absolute atomic E-state index is 13.2. The van der Waals surface area contributed by atoms with Crippen molar-refractivity contribution in [1.82, 2.24) is 29.5 Å². The summed E-state index contributed by atoms with van der Waals surface area (Å²) in [5.41, 5.74) is 2.79. The van der Waals surface area contributed by atoms with Gasteiger partial charge in [-0.25, -0.2) is 0 Å². The Labute approximate surface area is 185 Å². The average molecular weight is 428 g/mol. The summed E-state index contributed by atoms with van der Waals surface area (Å²) in [6.45, 7) is 6.56. The van der Waals surface area contributed by atoms with E-state index in [-0.39, 0.29) is 17.9 Å². The Morgan fingerprint density at radius 2 is 2.00 bits per heavy atom. The fraction of sp³-hybridized carbons (Fsp3) is 0.208. The van der Waals surface area contributed by atoms with Crippen LogP contribution in [0.15, 0.2) is 72.3 Å². The molecule has 3 heterocycles. The molecule has 0 fully saturated rings. The van der Waals surface area contributed by atoms with Gasteiger partial charge in [0.25, 0.3) is 5.56 Å². The lowest BCUT2D eigenvalue weighted by molar-refractivity contribution is -0.121. The Morgan fingerprint density at radius 1 is 1.19 bits per heavy atom. The first kappa shape index (κ1) is 21.2. The van der Waals surface area contributed by atoms with Crippen molar-refractivity contribution in [2.45, 2.75) is 32.9 Å². The molecule has 4 aromatic rings. The first-order valence-electron chi connectivity index (χ1n) is 10.4. The molecule has 0 aliphatic rings. The normalized spacial score (nSPS) is 10.9. The van der Waals surface area contributed by atoms with Gasteiger partial charge in [0.1, 0.15) is 0 Å². The Kier molecular flexibility index (Phi) is 6.21. The van der Waals surface area contributed by atoms with Crippen LogP contribution < -0.4 is 10.9 Å². The number of rotatable bonds is 8. The predicted molar refractivity (Wildman–Crippen MR) is 122 cm³/mol. The Bertz CT molecular complexity index is 1310. The number of nitrogens with zero attached hydrogens (tertiary/aromatic N) is 5. The van der Waals surface area contributed by atoms with Crippen LogP contribution in [0.4, 0.5) is 0 Å². The molecule has 0 bridgehead atoms. The van der Waals surface area contributed by atoms with E-state index in [0.29, 0.717) is 36.7 Å². The van der Waals surface area contributed by atoms with Gasteiger partial charge in [0.2, 0.25) is 11.7 Å². The summed E-state index contributed by atoms with van der Waals surface area (Å²) < 4.78 is 3.22. The Morgan fingerprint density at radius 3 is 2.72 bits per heavy atom. The molecule has 8 heteroatoms. The number of hydrogen-bond donors (Lipinski definition) is 1. The molecule has 162 valence electrons. The fourth-order valence-electron chi connectivity index (χ4n) is 3.59. The van der Waals surface area contributed by atoms with E-state index in [1.807, 2.05) is 54.0 Å². The molecular formula is C24H24N6O2. The lowest BCUT2D eigenvalue weighted by Crippen LogP contribution is -2.28. The van der Waals surface area contributed by atoms with Gasteiger partial charge in [-0.2, -0.15) is 9.50 Å². The monoisotopic (exact) mass is 428 g/mol. The molecule has 32 heavy (non-hydrogen) atoms. The van der Waals surface area contributed by atoms with E-state index < -0.39 is 0 Å². The number of allylic oxidation sites excluding steroid dienone is 1. The summed E-state index contributed by atoms with van der Waals surface area (Å²) in [5.74, 6) is 0.800. The molecule has 4 rings (SSSR count). The van der Waals surface area contributed by atoms with Gasteiger partial charge in [-0.3, -0.25) is 14.6 Å². The summed E-state index contributed by atoms with van der Waals surface area (Å²) in [6.07, 6.45) is 5.64. The van der Waals surface area contributed by atoms with E-state index in [1.54, 1.807) is 18.5 Å². The molecule has 0 unspecified atom stereocenters. The van der Waals surface area contributed by atoms with Gasteiger partial charge < -0.3 is 9.88 Å². The van der Waals surface area contributed by atoms with Crippen LogP contribution >= 0.6 is 0 Å². The molecule has 1 N–H and O–H groups in total. The third-order valence-electron chi connectivity index (χ3n) is 5.28. The van der Waals surface area contributed by atoms with E-state index in [4.69, 9.17) is 0 Å². The van der Waals surface area contributed by atoms with Crippen LogP contribution in [0.2, 0.25) is 0 Å². The van der Waals surface area contributed by atoms with E-state index in [9.17, 15) is 9.59 Å². The summed E-state index contributed by atoms with van der Waals surface area (Å²) in [5, 5.41) is 7.33. The number of pyridine rings is 1. The summed E-state index contributed by atoms with van der Waals surface area (Å²) in [4.78, 5) is 34.3. The van der Waals surface area contributed by atoms with E-state index in [2.05, 4.69) is 27.0 Å². The molecule has 0 spiro atoms. The highest BCUT2D eigenvalue weighted by atomic mass is 16.1. The summed E-state index contributed by atoms with van der Waals surface area (Å²) >= 11 is 0. The summed E-state index contributed by atoms with van der Waals surface area (Å²) in [6, 6.07) is 13.2.